The van der Waals surface area contributed by atoms with Gasteiger partial charge in [-0.1, -0.05) is 18.2 Å². The van der Waals surface area contributed by atoms with Gasteiger partial charge in [-0.25, -0.2) is 0 Å². The topological polar surface area (TPSA) is 75.4 Å². The summed E-state index contributed by atoms with van der Waals surface area (Å²) in [7, 11) is 0. The molecule has 20 heavy (non-hydrogen) atoms. The van der Waals surface area contributed by atoms with Crippen molar-refractivity contribution >= 4 is 24.0 Å². The highest BCUT2D eigenvalue weighted by atomic mass is 35.5. The number of phenols is 1. The zero-order valence-electron chi connectivity index (χ0n) is 11.1. The molecule has 2 aromatic rings. The molecule has 0 bridgehead atoms. The molecule has 0 atom stereocenters. The number of hydrogen-bond donors (Lipinski definition) is 3. The highest BCUT2D eigenvalue weighted by molar-refractivity contribution is 6.06. The van der Waals surface area contributed by atoms with Gasteiger partial charge in [-0.15, -0.1) is 12.4 Å². The monoisotopic (exact) mass is 292 g/mol. The molecule has 0 spiro atoms. The van der Waals surface area contributed by atoms with Crippen LogP contribution in [0.4, 0.5) is 5.69 Å². The first-order chi connectivity index (χ1) is 9.10. The van der Waals surface area contributed by atoms with Gasteiger partial charge >= 0.3 is 0 Å². The molecule has 0 saturated carbocycles. The van der Waals surface area contributed by atoms with Gasteiger partial charge in [-0.2, -0.15) is 0 Å². The summed E-state index contributed by atoms with van der Waals surface area (Å²) < 4.78 is 0. The van der Waals surface area contributed by atoms with Crippen LogP contribution in [0.25, 0.3) is 0 Å². The number of amides is 1. The minimum Gasteiger partial charge on any atom is -0.507 e. The molecule has 0 aliphatic rings. The van der Waals surface area contributed by atoms with E-state index in [-0.39, 0.29) is 29.6 Å². The van der Waals surface area contributed by atoms with Crippen LogP contribution in [-0.2, 0) is 6.54 Å². The number of aromatic hydroxyl groups is 1. The molecule has 0 saturated heterocycles. The number of nitrogens with one attached hydrogen (secondary N) is 1. The SMILES string of the molecule is Cc1ccc(C(=O)Nc2ccc(CN)cc2)c(O)c1.Cl. The number of nitrogens with two attached hydrogens (primary N) is 1. The molecule has 2 rings (SSSR count). The molecule has 0 radical (unpaired) electrons. The van der Waals surface area contributed by atoms with Gasteiger partial charge in [-0.05, 0) is 42.3 Å². The summed E-state index contributed by atoms with van der Waals surface area (Å²) in [5.41, 5.74) is 8.33. The Bertz CT molecular complexity index is 597. The van der Waals surface area contributed by atoms with Crippen LogP contribution < -0.4 is 11.1 Å². The van der Waals surface area contributed by atoms with E-state index in [1.165, 1.54) is 0 Å². The van der Waals surface area contributed by atoms with Gasteiger partial charge < -0.3 is 16.2 Å². The Morgan fingerprint density at radius 1 is 1.20 bits per heavy atom. The summed E-state index contributed by atoms with van der Waals surface area (Å²) in [6.07, 6.45) is 0. The van der Waals surface area contributed by atoms with Crippen LogP contribution in [-0.4, -0.2) is 11.0 Å². The van der Waals surface area contributed by atoms with Crippen LogP contribution in [0.5, 0.6) is 5.75 Å². The van der Waals surface area contributed by atoms with E-state index in [2.05, 4.69) is 5.32 Å². The van der Waals surface area contributed by atoms with E-state index in [1.807, 2.05) is 19.1 Å². The van der Waals surface area contributed by atoms with E-state index in [0.29, 0.717) is 12.2 Å². The standard InChI is InChI=1S/C15H16N2O2.ClH/c1-10-2-7-13(14(18)8-10)15(19)17-12-5-3-11(9-16)4-6-12;/h2-8,18H,9,16H2,1H3,(H,17,19);1H. The number of halogens is 1. The Labute approximate surface area is 124 Å². The fraction of sp³-hybridized carbons (Fsp3) is 0.133. The van der Waals surface area contributed by atoms with E-state index < -0.39 is 0 Å². The molecule has 5 heteroatoms. The van der Waals surface area contributed by atoms with Crippen molar-refractivity contribution in [1.29, 1.82) is 0 Å². The molecule has 106 valence electrons. The maximum absolute atomic E-state index is 12.0. The minimum atomic E-state index is -0.335. The normalized spacial score (nSPS) is 9.70. The van der Waals surface area contributed by atoms with Crippen molar-refractivity contribution in [3.05, 3.63) is 59.2 Å². The average molecular weight is 293 g/mol. The summed E-state index contributed by atoms with van der Waals surface area (Å²) >= 11 is 0. The van der Waals surface area contributed by atoms with Gasteiger partial charge in [0.2, 0.25) is 0 Å². The van der Waals surface area contributed by atoms with Gasteiger partial charge in [0.05, 0.1) is 5.56 Å². The highest BCUT2D eigenvalue weighted by Crippen LogP contribution is 2.20. The summed E-state index contributed by atoms with van der Waals surface area (Å²) in [4.78, 5) is 12.0. The average Bonchev–Trinajstić information content (AvgIpc) is 2.39. The molecule has 1 amide bonds. The Morgan fingerprint density at radius 2 is 1.85 bits per heavy atom. The molecule has 0 unspecified atom stereocenters. The van der Waals surface area contributed by atoms with Crippen molar-refractivity contribution in [3.8, 4) is 5.75 Å². The van der Waals surface area contributed by atoms with E-state index in [0.717, 1.165) is 11.1 Å². The van der Waals surface area contributed by atoms with Crippen molar-refractivity contribution in [2.45, 2.75) is 13.5 Å². The lowest BCUT2D eigenvalue weighted by Gasteiger charge is -2.08. The minimum absolute atomic E-state index is 0. The first-order valence-electron chi connectivity index (χ1n) is 6.00. The predicted molar refractivity (Wildman–Crippen MR) is 82.4 cm³/mol. The summed E-state index contributed by atoms with van der Waals surface area (Å²) in [6, 6.07) is 12.2. The molecule has 4 N–H and O–H groups in total. The third kappa shape index (κ3) is 3.73. The maximum Gasteiger partial charge on any atom is 0.259 e. The van der Waals surface area contributed by atoms with Gasteiger partial charge in [0.1, 0.15) is 5.75 Å². The predicted octanol–water partition coefficient (Wildman–Crippen LogP) is 2.83. The molecule has 0 aromatic heterocycles. The summed E-state index contributed by atoms with van der Waals surface area (Å²) in [6.45, 7) is 2.32. The van der Waals surface area contributed by atoms with Crippen LogP contribution in [0, 0.1) is 6.92 Å². The van der Waals surface area contributed by atoms with E-state index in [9.17, 15) is 9.90 Å². The van der Waals surface area contributed by atoms with Crippen molar-refractivity contribution in [2.75, 3.05) is 5.32 Å². The second-order valence-electron chi connectivity index (χ2n) is 4.38. The zero-order chi connectivity index (χ0) is 13.8. The summed E-state index contributed by atoms with van der Waals surface area (Å²) in [5, 5.41) is 12.5. The molecular weight excluding hydrogens is 276 g/mol. The van der Waals surface area contributed by atoms with Crippen molar-refractivity contribution in [3.63, 3.8) is 0 Å². The van der Waals surface area contributed by atoms with Crippen LogP contribution >= 0.6 is 12.4 Å². The number of benzene rings is 2. The molecule has 0 fully saturated rings. The molecule has 4 nitrogen and oxygen atoms in total. The van der Waals surface area contributed by atoms with E-state index in [4.69, 9.17) is 5.73 Å². The molecular formula is C15H17ClN2O2. The van der Waals surface area contributed by atoms with E-state index >= 15 is 0 Å². The maximum atomic E-state index is 12.0. The number of phenolic OH excluding ortho intramolecular Hbond substituents is 1. The molecule has 2 aromatic carbocycles. The van der Waals surface area contributed by atoms with Crippen molar-refractivity contribution in [2.24, 2.45) is 5.73 Å². The second kappa shape index (κ2) is 6.93. The number of anilines is 1. The lowest BCUT2D eigenvalue weighted by atomic mass is 10.1. The van der Waals surface area contributed by atoms with Gasteiger partial charge in [0.15, 0.2) is 0 Å². The Hall–Kier alpha value is -2.04. The fourth-order valence-electron chi connectivity index (χ4n) is 1.76. The highest BCUT2D eigenvalue weighted by Gasteiger charge is 2.11. The third-order valence-electron chi connectivity index (χ3n) is 2.85. The quantitative estimate of drug-likeness (QED) is 0.814. The summed E-state index contributed by atoms with van der Waals surface area (Å²) in [5.74, 6) is -0.353. The van der Waals surface area contributed by atoms with Crippen molar-refractivity contribution in [1.82, 2.24) is 0 Å². The number of rotatable bonds is 3. The Morgan fingerprint density at radius 3 is 2.40 bits per heavy atom. The first-order valence-corrected chi connectivity index (χ1v) is 6.00. The van der Waals surface area contributed by atoms with Crippen LogP contribution in [0.3, 0.4) is 0 Å². The fourth-order valence-corrected chi connectivity index (χ4v) is 1.76. The van der Waals surface area contributed by atoms with Gasteiger partial charge in [0.25, 0.3) is 5.91 Å². The van der Waals surface area contributed by atoms with E-state index in [1.54, 1.807) is 30.3 Å². The van der Waals surface area contributed by atoms with Crippen LogP contribution in [0.15, 0.2) is 42.5 Å². The van der Waals surface area contributed by atoms with Crippen LogP contribution in [0.1, 0.15) is 21.5 Å². The number of aryl methyl sites for hydroxylation is 1. The third-order valence-corrected chi connectivity index (χ3v) is 2.85. The second-order valence-corrected chi connectivity index (χ2v) is 4.38. The lowest BCUT2D eigenvalue weighted by Crippen LogP contribution is -2.12. The Balaban J connectivity index is 0.00000200. The van der Waals surface area contributed by atoms with Gasteiger partial charge in [-0.3, -0.25) is 4.79 Å². The van der Waals surface area contributed by atoms with Crippen LogP contribution in [0.2, 0.25) is 0 Å². The smallest absolute Gasteiger partial charge is 0.259 e. The zero-order valence-corrected chi connectivity index (χ0v) is 11.9. The molecule has 0 aliphatic carbocycles. The molecule has 0 heterocycles. The largest absolute Gasteiger partial charge is 0.507 e. The number of hydrogen-bond acceptors (Lipinski definition) is 3. The number of carbonyl (C=O) groups is 1. The van der Waals surface area contributed by atoms with Gasteiger partial charge in [0, 0.05) is 12.2 Å². The Kier molecular flexibility index (Phi) is 5.55. The first kappa shape index (κ1) is 16.0. The van der Waals surface area contributed by atoms with Crippen molar-refractivity contribution < 1.29 is 9.90 Å². The number of carbonyl (C=O) groups excluding carboxylic acids is 1. The molecule has 0 aliphatic heterocycles. The lowest BCUT2D eigenvalue weighted by molar-refractivity contribution is 0.102.